The van der Waals surface area contributed by atoms with Crippen LogP contribution in [0.1, 0.15) is 37.3 Å². The summed E-state index contributed by atoms with van der Waals surface area (Å²) in [4.78, 5) is 9.89. The van der Waals surface area contributed by atoms with Gasteiger partial charge in [-0.15, -0.1) is 34.2 Å². The minimum atomic E-state index is 0. The fourth-order valence-corrected chi connectivity index (χ4v) is 3.95. The summed E-state index contributed by atoms with van der Waals surface area (Å²) in [6.45, 7) is 9.86. The van der Waals surface area contributed by atoms with E-state index in [2.05, 4.69) is 25.3 Å². The first-order valence-corrected chi connectivity index (χ1v) is 10.3. The molecule has 160 valence electrons. The summed E-state index contributed by atoms with van der Waals surface area (Å²) in [5.41, 5.74) is 0. The van der Waals surface area contributed by atoms with Crippen LogP contribution in [-0.2, 0) is 18.3 Å². The van der Waals surface area contributed by atoms with Gasteiger partial charge in [-0.25, -0.2) is 4.99 Å². The number of piperidine rings is 1. The number of likely N-dealkylation sites (tertiary alicyclic amines) is 2. The number of guanidine groups is 1. The number of methoxy groups -OCH3 is 1. The van der Waals surface area contributed by atoms with Gasteiger partial charge in [0.15, 0.2) is 11.8 Å². The Bertz CT molecular complexity index is 615. The molecule has 9 heteroatoms. The number of aromatic nitrogens is 3. The van der Waals surface area contributed by atoms with E-state index >= 15 is 0 Å². The maximum absolute atomic E-state index is 5.19. The molecule has 0 aromatic carbocycles. The van der Waals surface area contributed by atoms with Crippen LogP contribution in [0.5, 0.6) is 0 Å². The van der Waals surface area contributed by atoms with E-state index < -0.39 is 0 Å². The molecule has 8 nitrogen and oxygen atoms in total. The van der Waals surface area contributed by atoms with Crippen molar-refractivity contribution in [2.24, 2.45) is 18.0 Å². The Hall–Kier alpha value is -0.940. The molecule has 0 bridgehead atoms. The topological polar surface area (TPSA) is 70.8 Å². The fourth-order valence-electron chi connectivity index (χ4n) is 3.95. The number of aryl methyl sites for hydroxylation is 1. The number of rotatable bonds is 7. The van der Waals surface area contributed by atoms with Gasteiger partial charge in [0.2, 0.25) is 0 Å². The molecule has 1 atom stereocenters. The molecule has 28 heavy (non-hydrogen) atoms. The highest BCUT2D eigenvalue weighted by Crippen LogP contribution is 2.20. The molecule has 1 unspecified atom stereocenters. The molecule has 1 aromatic heterocycles. The van der Waals surface area contributed by atoms with Crippen molar-refractivity contribution in [3.05, 3.63) is 11.6 Å². The zero-order valence-electron chi connectivity index (χ0n) is 17.6. The molecule has 3 heterocycles. The van der Waals surface area contributed by atoms with Gasteiger partial charge in [0.05, 0.1) is 6.61 Å². The lowest BCUT2D eigenvalue weighted by Crippen LogP contribution is -2.42. The van der Waals surface area contributed by atoms with Crippen LogP contribution in [0.4, 0.5) is 0 Å². The molecule has 0 spiro atoms. The van der Waals surface area contributed by atoms with E-state index in [9.17, 15) is 0 Å². The van der Waals surface area contributed by atoms with Crippen LogP contribution in [0.15, 0.2) is 4.99 Å². The molecule has 2 aliphatic heterocycles. The number of ether oxygens (including phenoxy) is 1. The van der Waals surface area contributed by atoms with E-state index in [1.807, 2.05) is 18.5 Å². The molecule has 0 saturated carbocycles. The largest absolute Gasteiger partial charge is 0.383 e. The maximum Gasteiger partial charge on any atom is 0.194 e. The summed E-state index contributed by atoms with van der Waals surface area (Å²) in [6.07, 6.45) is 5.36. The number of nitrogens with one attached hydrogen (secondary N) is 1. The van der Waals surface area contributed by atoms with Crippen LogP contribution in [0.25, 0.3) is 0 Å². The molecule has 2 fully saturated rings. The molecular weight excluding hydrogens is 469 g/mol. The van der Waals surface area contributed by atoms with E-state index in [4.69, 9.17) is 9.73 Å². The number of aliphatic imine (C=N–C) groups is 1. The lowest BCUT2D eigenvalue weighted by atomic mass is 10.1. The van der Waals surface area contributed by atoms with E-state index in [0.29, 0.717) is 13.2 Å². The minimum Gasteiger partial charge on any atom is -0.383 e. The van der Waals surface area contributed by atoms with Gasteiger partial charge < -0.3 is 24.4 Å². The van der Waals surface area contributed by atoms with Crippen LogP contribution in [0, 0.1) is 12.8 Å². The lowest BCUT2D eigenvalue weighted by molar-refractivity contribution is 0.197. The predicted octanol–water partition coefficient (Wildman–Crippen LogP) is 1.64. The molecule has 1 aromatic rings. The third kappa shape index (κ3) is 6.55. The second-order valence-electron chi connectivity index (χ2n) is 7.74. The Morgan fingerprint density at radius 1 is 1.21 bits per heavy atom. The van der Waals surface area contributed by atoms with Crippen LogP contribution < -0.4 is 5.32 Å². The van der Waals surface area contributed by atoms with Gasteiger partial charge in [0, 0.05) is 40.3 Å². The normalized spacial score (nSPS) is 21.0. The van der Waals surface area contributed by atoms with Crippen molar-refractivity contribution in [3.63, 3.8) is 0 Å². The quantitative estimate of drug-likeness (QED) is 0.263. The van der Waals surface area contributed by atoms with E-state index in [1.54, 1.807) is 7.11 Å². The summed E-state index contributed by atoms with van der Waals surface area (Å²) < 4.78 is 7.19. The first kappa shape index (κ1) is 23.3. The van der Waals surface area contributed by atoms with Gasteiger partial charge in [-0.2, -0.15) is 0 Å². The molecule has 3 rings (SSSR count). The number of halogens is 1. The van der Waals surface area contributed by atoms with Crippen molar-refractivity contribution in [2.45, 2.75) is 39.2 Å². The van der Waals surface area contributed by atoms with Gasteiger partial charge in [0.25, 0.3) is 0 Å². The zero-order valence-corrected chi connectivity index (χ0v) is 19.9. The number of nitrogens with zero attached hydrogens (tertiary/aromatic N) is 6. The highest BCUT2D eigenvalue weighted by molar-refractivity contribution is 14.0. The third-order valence-corrected chi connectivity index (χ3v) is 5.69. The number of hydrogen-bond donors (Lipinski definition) is 1. The summed E-state index contributed by atoms with van der Waals surface area (Å²) >= 11 is 0. The zero-order chi connectivity index (χ0) is 19.1. The highest BCUT2D eigenvalue weighted by Gasteiger charge is 2.27. The smallest absolute Gasteiger partial charge is 0.194 e. The van der Waals surface area contributed by atoms with E-state index in [1.165, 1.54) is 45.3 Å². The van der Waals surface area contributed by atoms with Gasteiger partial charge in [-0.1, -0.05) is 6.42 Å². The molecule has 0 amide bonds. The Labute approximate surface area is 186 Å². The van der Waals surface area contributed by atoms with E-state index in [-0.39, 0.29) is 24.0 Å². The van der Waals surface area contributed by atoms with Crippen molar-refractivity contribution in [3.8, 4) is 0 Å². The summed E-state index contributed by atoms with van der Waals surface area (Å²) in [5.74, 6) is 3.50. The summed E-state index contributed by atoms with van der Waals surface area (Å²) in [5, 5.41) is 11.8. The SMILES string of the molecule is COCCNC(=NCc1nnc(C)n1C)N1CCC(CN2CCCCC2)C1.I. The van der Waals surface area contributed by atoms with Crippen LogP contribution in [0.3, 0.4) is 0 Å². The molecule has 0 radical (unpaired) electrons. The third-order valence-electron chi connectivity index (χ3n) is 5.69. The monoisotopic (exact) mass is 505 g/mol. The average Bonchev–Trinajstić information content (AvgIpc) is 3.27. The van der Waals surface area contributed by atoms with Gasteiger partial charge in [-0.05, 0) is 45.2 Å². The van der Waals surface area contributed by atoms with Gasteiger partial charge in [-0.3, -0.25) is 0 Å². The van der Waals surface area contributed by atoms with Crippen LogP contribution >= 0.6 is 24.0 Å². The molecule has 0 aliphatic carbocycles. The van der Waals surface area contributed by atoms with Crippen molar-refractivity contribution in [2.75, 3.05) is 53.0 Å². The van der Waals surface area contributed by atoms with Crippen LogP contribution in [0.2, 0.25) is 0 Å². The Morgan fingerprint density at radius 3 is 2.68 bits per heavy atom. The second kappa shape index (κ2) is 11.9. The summed E-state index contributed by atoms with van der Waals surface area (Å²) in [6, 6.07) is 0. The Kier molecular flexibility index (Phi) is 9.93. The molecule has 1 N–H and O–H groups in total. The average molecular weight is 505 g/mol. The Balaban J connectivity index is 0.00000280. The van der Waals surface area contributed by atoms with Crippen LogP contribution in [-0.4, -0.2) is 83.5 Å². The fraction of sp³-hybridized carbons (Fsp3) is 0.842. The first-order chi connectivity index (χ1) is 13.2. The highest BCUT2D eigenvalue weighted by atomic mass is 127. The first-order valence-electron chi connectivity index (χ1n) is 10.3. The molecular formula is C19H36IN7O. The molecule has 2 aliphatic rings. The van der Waals surface area contributed by atoms with E-state index in [0.717, 1.165) is 43.2 Å². The van der Waals surface area contributed by atoms with Crippen molar-refractivity contribution < 1.29 is 4.74 Å². The molecule has 2 saturated heterocycles. The lowest BCUT2D eigenvalue weighted by Gasteiger charge is -2.29. The van der Waals surface area contributed by atoms with Gasteiger partial charge >= 0.3 is 0 Å². The predicted molar refractivity (Wildman–Crippen MR) is 122 cm³/mol. The van der Waals surface area contributed by atoms with Crippen molar-refractivity contribution >= 4 is 29.9 Å². The standard InChI is InChI=1S/C19H35N7O.HI/c1-16-22-23-18(24(16)2)13-21-19(20-8-12-27-3)26-11-7-17(15-26)14-25-9-5-4-6-10-25;/h17H,4-15H2,1-3H3,(H,20,21);1H. The second-order valence-corrected chi connectivity index (χ2v) is 7.74. The van der Waals surface area contributed by atoms with Gasteiger partial charge in [0.1, 0.15) is 12.4 Å². The van der Waals surface area contributed by atoms with Crippen molar-refractivity contribution in [1.82, 2.24) is 29.9 Å². The summed E-state index contributed by atoms with van der Waals surface area (Å²) in [7, 11) is 3.72. The van der Waals surface area contributed by atoms with Crippen molar-refractivity contribution in [1.29, 1.82) is 0 Å². The maximum atomic E-state index is 5.19. The Morgan fingerprint density at radius 2 is 2.00 bits per heavy atom. The minimum absolute atomic E-state index is 0. The number of hydrogen-bond acceptors (Lipinski definition) is 5.